The lowest BCUT2D eigenvalue weighted by atomic mass is 9.92. The Bertz CT molecular complexity index is 1290. The number of aromatic amines is 1. The van der Waals surface area contributed by atoms with Crippen molar-refractivity contribution in [2.75, 3.05) is 17.7 Å². The average Bonchev–Trinajstić information content (AvgIpc) is 3.29. The zero-order valence-electron chi connectivity index (χ0n) is 19.4. The molecular weight excluding hydrogens is 442 g/mol. The Labute approximate surface area is 197 Å². The number of pyridine rings is 1. The van der Waals surface area contributed by atoms with Gasteiger partial charge >= 0.3 is 0 Å². The Kier molecular flexibility index (Phi) is 5.61. The van der Waals surface area contributed by atoms with Crippen LogP contribution in [-0.2, 0) is 16.8 Å². The number of nitrogen functional groups attached to an aromatic ring is 1. The minimum Gasteiger partial charge on any atom is -0.496 e. The molecule has 0 fully saturated rings. The van der Waals surface area contributed by atoms with Crippen LogP contribution < -0.4 is 15.4 Å². The molecule has 1 amide bonds. The summed E-state index contributed by atoms with van der Waals surface area (Å²) in [5, 5.41) is 7.49. The van der Waals surface area contributed by atoms with Gasteiger partial charge in [0.2, 0.25) is 5.95 Å². The van der Waals surface area contributed by atoms with Crippen molar-refractivity contribution in [3.05, 3.63) is 51.2 Å². The second kappa shape index (κ2) is 8.15. The van der Waals surface area contributed by atoms with Gasteiger partial charge < -0.3 is 10.5 Å². The normalized spacial score (nSPS) is 14.8. The molecule has 10 heteroatoms. The molecule has 0 atom stereocenters. The molecule has 0 unspecified atom stereocenters. The zero-order valence-corrected chi connectivity index (χ0v) is 20.2. The molecule has 9 nitrogen and oxygen atoms in total. The monoisotopic (exact) mass is 467 g/mol. The predicted octanol–water partition coefficient (Wildman–Crippen LogP) is 3.84. The maximum absolute atomic E-state index is 13.6. The van der Waals surface area contributed by atoms with Crippen LogP contribution in [0.4, 0.5) is 11.8 Å². The number of aryl methyl sites for hydroxylation is 1. The number of nitrogens with zero attached hydrogens (tertiary/aromatic N) is 5. The van der Waals surface area contributed by atoms with Crippen molar-refractivity contribution < 1.29 is 9.53 Å². The van der Waals surface area contributed by atoms with Gasteiger partial charge in [-0.1, -0.05) is 32.4 Å². The van der Waals surface area contributed by atoms with Crippen molar-refractivity contribution in [2.24, 2.45) is 0 Å². The van der Waals surface area contributed by atoms with E-state index in [4.69, 9.17) is 22.1 Å². The molecule has 0 aromatic carbocycles. The largest absolute Gasteiger partial charge is 0.496 e. The predicted molar refractivity (Wildman–Crippen MR) is 128 cm³/mol. The summed E-state index contributed by atoms with van der Waals surface area (Å²) < 4.78 is 5.51. The van der Waals surface area contributed by atoms with E-state index >= 15 is 0 Å². The van der Waals surface area contributed by atoms with Gasteiger partial charge in [0.15, 0.2) is 5.82 Å². The van der Waals surface area contributed by atoms with Gasteiger partial charge in [0.1, 0.15) is 10.9 Å². The van der Waals surface area contributed by atoms with E-state index in [2.05, 4.69) is 45.9 Å². The average molecular weight is 468 g/mol. The lowest BCUT2D eigenvalue weighted by Crippen LogP contribution is -2.27. The Balaban J connectivity index is 1.81. The lowest BCUT2D eigenvalue weighted by molar-refractivity contribution is -0.113. The van der Waals surface area contributed by atoms with Crippen LogP contribution in [0.5, 0.6) is 5.75 Å². The van der Waals surface area contributed by atoms with E-state index < -0.39 is 0 Å². The third-order valence-electron chi connectivity index (χ3n) is 5.62. The summed E-state index contributed by atoms with van der Waals surface area (Å²) in [6, 6.07) is 1.91. The van der Waals surface area contributed by atoms with Crippen LogP contribution in [0.2, 0.25) is 5.15 Å². The number of ether oxygens (including phenoxy) is 1. The van der Waals surface area contributed by atoms with E-state index in [0.29, 0.717) is 28.3 Å². The smallest absolute Gasteiger partial charge is 0.260 e. The first-order valence-electron chi connectivity index (χ1n) is 10.4. The Morgan fingerprint density at radius 3 is 2.64 bits per heavy atom. The van der Waals surface area contributed by atoms with Gasteiger partial charge in [0.25, 0.3) is 5.91 Å². The third-order valence-corrected chi connectivity index (χ3v) is 5.89. The molecule has 4 heterocycles. The maximum Gasteiger partial charge on any atom is 0.260 e. The number of methoxy groups -OCH3 is 1. The Morgan fingerprint density at radius 2 is 2.00 bits per heavy atom. The highest BCUT2D eigenvalue weighted by Crippen LogP contribution is 2.41. The molecule has 3 aromatic heterocycles. The van der Waals surface area contributed by atoms with Crippen LogP contribution in [0.25, 0.3) is 11.6 Å². The fourth-order valence-corrected chi connectivity index (χ4v) is 4.09. The number of hydrogen-bond donors (Lipinski definition) is 2. The maximum atomic E-state index is 13.6. The second-order valence-corrected chi connectivity index (χ2v) is 9.38. The van der Waals surface area contributed by atoms with E-state index in [1.807, 2.05) is 19.9 Å². The number of amides is 1. The van der Waals surface area contributed by atoms with E-state index in [0.717, 1.165) is 22.6 Å². The summed E-state index contributed by atoms with van der Waals surface area (Å²) in [6.07, 6.45) is 3.41. The fraction of sp³-hybridized carbons (Fsp3) is 0.348. The van der Waals surface area contributed by atoms with Gasteiger partial charge in [-0.2, -0.15) is 10.1 Å². The zero-order chi connectivity index (χ0) is 24.1. The lowest BCUT2D eigenvalue weighted by Gasteiger charge is -2.19. The molecule has 0 saturated heterocycles. The molecule has 0 aliphatic carbocycles. The first-order valence-corrected chi connectivity index (χ1v) is 10.8. The number of carbonyl (C=O) groups excluding carboxylic acids is 1. The number of halogens is 1. The van der Waals surface area contributed by atoms with Gasteiger partial charge in [-0.05, 0) is 26.0 Å². The van der Waals surface area contributed by atoms with Crippen LogP contribution in [0, 0.1) is 13.8 Å². The quantitative estimate of drug-likeness (QED) is 0.441. The van der Waals surface area contributed by atoms with Crippen molar-refractivity contribution in [3.63, 3.8) is 0 Å². The summed E-state index contributed by atoms with van der Waals surface area (Å²) >= 11 is 6.43. The standard InChI is InChI=1S/C23H26ClN7O2/c1-11-9-26-15(12(2)18(11)33-6)10-31-20-17(19(24)27-22(25)28-20)14(21(31)32)7-13-8-16(30-29-13)23(3,4)5/h7-9H,10H2,1-6H3,(H,29,30)(H2,25,27,28)/b14-7+. The molecule has 1 aliphatic heterocycles. The van der Waals surface area contributed by atoms with Crippen molar-refractivity contribution >= 4 is 40.9 Å². The topological polar surface area (TPSA) is 123 Å². The molecule has 0 spiro atoms. The molecule has 1 aliphatic rings. The van der Waals surface area contributed by atoms with Crippen molar-refractivity contribution in [3.8, 4) is 5.75 Å². The Hall–Kier alpha value is -3.46. The second-order valence-electron chi connectivity index (χ2n) is 9.02. The number of fused-ring (bicyclic) bond motifs is 1. The molecule has 3 aromatic rings. The summed E-state index contributed by atoms with van der Waals surface area (Å²) in [6.45, 7) is 10.2. The molecule has 0 radical (unpaired) electrons. The number of rotatable bonds is 4. The summed E-state index contributed by atoms with van der Waals surface area (Å²) in [5.74, 6) is 0.775. The fourth-order valence-electron chi connectivity index (χ4n) is 3.82. The van der Waals surface area contributed by atoms with Gasteiger partial charge in [-0.3, -0.25) is 19.8 Å². The third kappa shape index (κ3) is 4.04. The number of aromatic nitrogens is 5. The number of nitrogens with one attached hydrogen (secondary N) is 1. The van der Waals surface area contributed by atoms with E-state index in [1.54, 1.807) is 19.4 Å². The Morgan fingerprint density at radius 1 is 1.27 bits per heavy atom. The number of anilines is 2. The molecule has 172 valence electrons. The van der Waals surface area contributed by atoms with Gasteiger partial charge in [-0.25, -0.2) is 4.98 Å². The first kappa shape index (κ1) is 22.7. The van der Waals surface area contributed by atoms with Gasteiger partial charge in [-0.15, -0.1) is 0 Å². The van der Waals surface area contributed by atoms with Crippen molar-refractivity contribution in [1.82, 2.24) is 25.1 Å². The molecule has 0 saturated carbocycles. The SMILES string of the molecule is COc1c(C)cnc(CN2C(=O)/C(=C/c3cc(C(C)(C)C)[nH]n3)c3c(Cl)nc(N)nc32)c1C. The van der Waals surface area contributed by atoms with Crippen molar-refractivity contribution in [2.45, 2.75) is 46.6 Å². The number of nitrogens with two attached hydrogens (primary N) is 1. The number of hydrogen-bond acceptors (Lipinski definition) is 7. The van der Waals surface area contributed by atoms with E-state index in [1.165, 1.54) is 4.90 Å². The van der Waals surface area contributed by atoms with Gasteiger partial charge in [0, 0.05) is 28.4 Å². The summed E-state index contributed by atoms with van der Waals surface area (Å²) in [5.41, 5.74) is 10.5. The van der Waals surface area contributed by atoms with Crippen LogP contribution in [0.15, 0.2) is 12.3 Å². The minimum atomic E-state index is -0.284. The summed E-state index contributed by atoms with van der Waals surface area (Å²) in [4.78, 5) is 28.0. The highest BCUT2D eigenvalue weighted by Gasteiger charge is 2.37. The summed E-state index contributed by atoms with van der Waals surface area (Å²) in [7, 11) is 1.61. The minimum absolute atomic E-state index is 0.0150. The highest BCUT2D eigenvalue weighted by atomic mass is 35.5. The molecular formula is C23H26ClN7O2. The molecule has 4 rings (SSSR count). The first-order chi connectivity index (χ1) is 15.5. The van der Waals surface area contributed by atoms with E-state index in [-0.39, 0.29) is 29.0 Å². The molecule has 33 heavy (non-hydrogen) atoms. The van der Waals surface area contributed by atoms with E-state index in [9.17, 15) is 4.79 Å². The molecule has 3 N–H and O–H groups in total. The van der Waals surface area contributed by atoms with Crippen molar-refractivity contribution in [1.29, 1.82) is 0 Å². The van der Waals surface area contributed by atoms with Crippen LogP contribution in [0.1, 0.15) is 54.5 Å². The van der Waals surface area contributed by atoms with Crippen LogP contribution in [0.3, 0.4) is 0 Å². The number of H-pyrrole nitrogens is 1. The van der Waals surface area contributed by atoms with Crippen LogP contribution in [-0.4, -0.2) is 38.2 Å². The molecule has 0 bridgehead atoms. The van der Waals surface area contributed by atoms with Crippen LogP contribution >= 0.6 is 11.6 Å². The number of carbonyl (C=O) groups is 1. The highest BCUT2D eigenvalue weighted by molar-refractivity contribution is 6.41. The van der Waals surface area contributed by atoms with Gasteiger partial charge in [0.05, 0.1) is 36.2 Å².